The zero-order valence-electron chi connectivity index (χ0n) is 8.10. The van der Waals surface area contributed by atoms with Crippen LogP contribution in [0.25, 0.3) is 21.9 Å². The zero-order chi connectivity index (χ0) is 11.1. The molecule has 0 N–H and O–H groups in total. The highest BCUT2D eigenvalue weighted by Gasteiger charge is 2.06. The summed E-state index contributed by atoms with van der Waals surface area (Å²) < 4.78 is 10.4. The van der Waals surface area contributed by atoms with Gasteiger partial charge in [0.1, 0.15) is 11.2 Å². The molecule has 78 valence electrons. The number of hydrogen-bond donors (Lipinski definition) is 0. The van der Waals surface area contributed by atoms with Gasteiger partial charge in [-0.25, -0.2) is 0 Å². The molecule has 4 heteroatoms. The van der Waals surface area contributed by atoms with Crippen molar-refractivity contribution in [3.63, 3.8) is 0 Å². The van der Waals surface area contributed by atoms with Gasteiger partial charge in [0.25, 0.3) is 0 Å². The van der Waals surface area contributed by atoms with Gasteiger partial charge in [-0.1, -0.05) is 0 Å². The molecule has 0 atom stereocenters. The second-order valence-corrected chi connectivity index (χ2v) is 3.41. The van der Waals surface area contributed by atoms with Crippen LogP contribution in [0.2, 0.25) is 0 Å². The first-order valence-corrected chi connectivity index (χ1v) is 4.69. The Morgan fingerprint density at radius 1 is 0.750 bits per heavy atom. The van der Waals surface area contributed by atoms with Crippen molar-refractivity contribution in [1.82, 2.24) is 0 Å². The third-order valence-electron chi connectivity index (χ3n) is 2.44. The van der Waals surface area contributed by atoms with Crippen molar-refractivity contribution in [2.24, 2.45) is 0 Å². The largest absolute Gasteiger partial charge is 0.464 e. The van der Waals surface area contributed by atoms with Crippen LogP contribution in [-0.4, -0.2) is 0 Å². The molecule has 0 saturated heterocycles. The maximum atomic E-state index is 11.5. The fourth-order valence-corrected chi connectivity index (χ4v) is 1.66. The molecular weight excluding hydrogens is 208 g/mol. The average Bonchev–Trinajstić information content (AvgIpc) is 2.28. The lowest BCUT2D eigenvalue weighted by Crippen LogP contribution is -2.02. The van der Waals surface area contributed by atoms with Crippen molar-refractivity contribution in [1.29, 1.82) is 0 Å². The van der Waals surface area contributed by atoms with Crippen LogP contribution in [0.4, 0.5) is 0 Å². The van der Waals surface area contributed by atoms with Crippen molar-refractivity contribution < 1.29 is 8.83 Å². The molecule has 0 radical (unpaired) electrons. The molecule has 0 fully saturated rings. The van der Waals surface area contributed by atoms with E-state index in [4.69, 9.17) is 8.83 Å². The summed E-state index contributed by atoms with van der Waals surface area (Å²) in [7, 11) is 0. The number of fused-ring (bicyclic) bond motifs is 2. The summed E-state index contributed by atoms with van der Waals surface area (Å²) in [4.78, 5) is 23.1. The van der Waals surface area contributed by atoms with E-state index < -0.39 is 0 Å². The Morgan fingerprint density at radius 2 is 1.25 bits per heavy atom. The average molecular weight is 214 g/mol. The van der Waals surface area contributed by atoms with Gasteiger partial charge in [0, 0.05) is 18.2 Å². The second-order valence-electron chi connectivity index (χ2n) is 3.41. The first-order valence-electron chi connectivity index (χ1n) is 4.69. The summed E-state index contributed by atoms with van der Waals surface area (Å²) in [5.41, 5.74) is 0.474. The van der Waals surface area contributed by atoms with Crippen LogP contribution in [-0.2, 0) is 0 Å². The molecule has 16 heavy (non-hydrogen) atoms. The standard InChI is InChI=1S/C12H6O4/c13-9-1-3-15-11-6-12-8(5-7(9)11)10(14)2-4-16-12/h1-6H. The van der Waals surface area contributed by atoms with Crippen LogP contribution in [0, 0.1) is 0 Å². The minimum Gasteiger partial charge on any atom is -0.464 e. The van der Waals surface area contributed by atoms with E-state index in [1.807, 2.05) is 0 Å². The van der Waals surface area contributed by atoms with Gasteiger partial charge in [-0.2, -0.15) is 0 Å². The van der Waals surface area contributed by atoms with E-state index in [0.717, 1.165) is 0 Å². The molecule has 0 aliphatic heterocycles. The molecule has 2 heterocycles. The normalized spacial score (nSPS) is 11.0. The van der Waals surface area contributed by atoms with Gasteiger partial charge in [-0.05, 0) is 6.07 Å². The molecule has 0 saturated carbocycles. The van der Waals surface area contributed by atoms with Crippen LogP contribution in [0.5, 0.6) is 0 Å². The lowest BCUT2D eigenvalue weighted by atomic mass is 10.1. The molecule has 1 aromatic carbocycles. The minimum atomic E-state index is -0.175. The molecule has 4 nitrogen and oxygen atoms in total. The van der Waals surface area contributed by atoms with Gasteiger partial charge in [0.2, 0.25) is 0 Å². The Hall–Kier alpha value is -2.36. The molecule has 0 spiro atoms. The van der Waals surface area contributed by atoms with Crippen LogP contribution in [0.15, 0.2) is 55.2 Å². The van der Waals surface area contributed by atoms with E-state index in [2.05, 4.69) is 0 Å². The smallest absolute Gasteiger partial charge is 0.192 e. The van der Waals surface area contributed by atoms with Crippen molar-refractivity contribution in [2.45, 2.75) is 0 Å². The third-order valence-corrected chi connectivity index (χ3v) is 2.44. The van der Waals surface area contributed by atoms with Crippen molar-refractivity contribution in [2.75, 3.05) is 0 Å². The van der Waals surface area contributed by atoms with Crippen molar-refractivity contribution in [3.05, 3.63) is 57.2 Å². The second kappa shape index (κ2) is 3.06. The maximum absolute atomic E-state index is 11.5. The van der Waals surface area contributed by atoms with Crippen LogP contribution < -0.4 is 10.9 Å². The number of benzene rings is 1. The monoisotopic (exact) mass is 214 g/mol. The first-order chi connectivity index (χ1) is 7.75. The van der Waals surface area contributed by atoms with E-state index in [-0.39, 0.29) is 10.9 Å². The Bertz CT molecular complexity index is 730. The predicted octanol–water partition coefficient (Wildman–Crippen LogP) is 1.90. The lowest BCUT2D eigenvalue weighted by Gasteiger charge is -1.98. The summed E-state index contributed by atoms with van der Waals surface area (Å²) in [6.07, 6.45) is 2.63. The zero-order valence-corrected chi connectivity index (χ0v) is 8.10. The van der Waals surface area contributed by atoms with Crippen molar-refractivity contribution in [3.8, 4) is 0 Å². The highest BCUT2D eigenvalue weighted by Crippen LogP contribution is 2.17. The van der Waals surface area contributed by atoms with E-state index >= 15 is 0 Å². The SMILES string of the molecule is O=c1ccoc2cc3occc(=O)c3cc12. The van der Waals surface area contributed by atoms with E-state index in [1.54, 1.807) is 6.07 Å². The first kappa shape index (κ1) is 8.91. The molecule has 0 amide bonds. The summed E-state index contributed by atoms with van der Waals surface area (Å²) in [6, 6.07) is 5.69. The van der Waals surface area contributed by atoms with Crippen LogP contribution >= 0.6 is 0 Å². The fourth-order valence-electron chi connectivity index (χ4n) is 1.66. The summed E-state index contributed by atoms with van der Waals surface area (Å²) >= 11 is 0. The molecule has 0 aliphatic rings. The molecule has 0 unspecified atom stereocenters. The quantitative estimate of drug-likeness (QED) is 0.536. The Kier molecular flexibility index (Phi) is 1.71. The number of rotatable bonds is 0. The van der Waals surface area contributed by atoms with Gasteiger partial charge in [-0.3, -0.25) is 9.59 Å². The predicted molar refractivity (Wildman–Crippen MR) is 58.5 cm³/mol. The highest BCUT2D eigenvalue weighted by atomic mass is 16.3. The van der Waals surface area contributed by atoms with Gasteiger partial charge in [0.05, 0.1) is 23.3 Å². The Labute approximate surface area is 88.7 Å². The van der Waals surface area contributed by atoms with Crippen LogP contribution in [0.3, 0.4) is 0 Å². The Balaban J connectivity index is 2.65. The molecule has 0 bridgehead atoms. The fraction of sp³-hybridized carbons (Fsp3) is 0. The van der Waals surface area contributed by atoms with Gasteiger partial charge >= 0.3 is 0 Å². The summed E-state index contributed by atoms with van der Waals surface area (Å²) in [6.45, 7) is 0. The van der Waals surface area contributed by atoms with E-state index in [9.17, 15) is 9.59 Å². The molecule has 3 rings (SSSR count). The lowest BCUT2D eigenvalue weighted by molar-refractivity contribution is 0.590. The summed E-state index contributed by atoms with van der Waals surface area (Å²) in [5.74, 6) is 0. The van der Waals surface area contributed by atoms with Crippen molar-refractivity contribution >= 4 is 21.9 Å². The minimum absolute atomic E-state index is 0.175. The van der Waals surface area contributed by atoms with Gasteiger partial charge < -0.3 is 8.83 Å². The van der Waals surface area contributed by atoms with E-state index in [0.29, 0.717) is 21.9 Å². The van der Waals surface area contributed by atoms with E-state index in [1.165, 1.54) is 30.7 Å². The molecule has 3 aromatic rings. The maximum Gasteiger partial charge on any atom is 0.192 e. The highest BCUT2D eigenvalue weighted by molar-refractivity contribution is 5.92. The van der Waals surface area contributed by atoms with Gasteiger partial charge in [-0.15, -0.1) is 0 Å². The summed E-state index contributed by atoms with van der Waals surface area (Å²) in [5, 5.41) is 0.766. The Morgan fingerprint density at radius 3 is 1.75 bits per heavy atom. The molecular formula is C12H6O4. The third kappa shape index (κ3) is 1.16. The van der Waals surface area contributed by atoms with Crippen LogP contribution in [0.1, 0.15) is 0 Å². The molecule has 2 aromatic heterocycles. The number of hydrogen-bond acceptors (Lipinski definition) is 4. The molecule has 0 aliphatic carbocycles. The topological polar surface area (TPSA) is 60.4 Å². The van der Waals surface area contributed by atoms with Gasteiger partial charge in [0.15, 0.2) is 10.9 Å².